The van der Waals surface area contributed by atoms with E-state index >= 15 is 0 Å². The van der Waals surface area contributed by atoms with Gasteiger partial charge in [-0.2, -0.15) is 0 Å². The topological polar surface area (TPSA) is 0 Å². The van der Waals surface area contributed by atoms with Crippen molar-refractivity contribution in [1.82, 2.24) is 0 Å². The summed E-state index contributed by atoms with van der Waals surface area (Å²) in [5.41, 5.74) is 0.319. The molecule has 0 N–H and O–H groups in total. The van der Waals surface area contributed by atoms with Crippen LogP contribution >= 0.6 is 0 Å². The van der Waals surface area contributed by atoms with Crippen molar-refractivity contribution in [2.75, 3.05) is 0 Å². The second-order valence-corrected chi connectivity index (χ2v) is 2.93. The van der Waals surface area contributed by atoms with Crippen molar-refractivity contribution in [3.05, 3.63) is 54.1 Å². The Morgan fingerprint density at radius 2 is 1.93 bits per heavy atom. The molecule has 0 bridgehead atoms. The maximum Gasteiger partial charge on any atom is 0.133 e. The second kappa shape index (κ2) is 4.70. The molecule has 1 aromatic rings. The smallest absolute Gasteiger partial charge is 0.133 e. The van der Waals surface area contributed by atoms with Crippen LogP contribution in [0.1, 0.15) is 18.9 Å². The summed E-state index contributed by atoms with van der Waals surface area (Å²) in [6.07, 6.45) is 4.25. The van der Waals surface area contributed by atoms with Crippen molar-refractivity contribution in [3.63, 3.8) is 0 Å². The Hall–Kier alpha value is -1.44. The molecule has 0 aliphatic rings. The molecule has 0 aliphatic carbocycles. The molecule has 0 radical (unpaired) electrons. The van der Waals surface area contributed by atoms with E-state index in [0.29, 0.717) is 5.57 Å². The zero-order valence-corrected chi connectivity index (χ0v) is 8.06. The molecule has 74 valence electrons. The first-order valence-corrected chi connectivity index (χ1v) is 4.46. The zero-order valence-electron chi connectivity index (χ0n) is 8.06. The highest BCUT2D eigenvalue weighted by Crippen LogP contribution is 2.21. The molecule has 2 heteroatoms. The minimum absolute atomic E-state index is 0.0443. The molecule has 0 spiro atoms. The van der Waals surface area contributed by atoms with Crippen molar-refractivity contribution in [2.24, 2.45) is 0 Å². The van der Waals surface area contributed by atoms with E-state index in [-0.39, 0.29) is 5.56 Å². The molecule has 0 unspecified atom stereocenters. The number of hydrogen-bond donors (Lipinski definition) is 0. The van der Waals surface area contributed by atoms with Crippen LogP contribution in [0.15, 0.2) is 36.9 Å². The summed E-state index contributed by atoms with van der Waals surface area (Å²) in [6, 6.07) is 3.79. The second-order valence-electron chi connectivity index (χ2n) is 2.93. The summed E-state index contributed by atoms with van der Waals surface area (Å²) in [4.78, 5) is 0. The fourth-order valence-corrected chi connectivity index (χ4v) is 1.15. The van der Waals surface area contributed by atoms with E-state index in [1.165, 1.54) is 18.2 Å². The molecule has 0 aliphatic heterocycles. The van der Waals surface area contributed by atoms with Crippen molar-refractivity contribution >= 4 is 5.57 Å². The van der Waals surface area contributed by atoms with Gasteiger partial charge in [-0.1, -0.05) is 31.7 Å². The summed E-state index contributed by atoms with van der Waals surface area (Å²) in [6.45, 7) is 5.56. The SMILES string of the molecule is C=C(/C=C\CC)c1c(F)cccc1F. The molecule has 0 fully saturated rings. The van der Waals surface area contributed by atoms with Gasteiger partial charge in [0, 0.05) is 0 Å². The van der Waals surface area contributed by atoms with Crippen molar-refractivity contribution in [3.8, 4) is 0 Å². The summed E-state index contributed by atoms with van der Waals surface area (Å²) in [7, 11) is 0. The first-order valence-electron chi connectivity index (χ1n) is 4.46. The Morgan fingerprint density at radius 3 is 2.43 bits per heavy atom. The minimum Gasteiger partial charge on any atom is -0.206 e. The Bertz CT molecular complexity index is 344. The Balaban J connectivity index is 3.06. The molecule has 0 saturated carbocycles. The maximum atomic E-state index is 13.2. The Morgan fingerprint density at radius 1 is 1.36 bits per heavy atom. The average molecular weight is 194 g/mol. The van der Waals surface area contributed by atoms with E-state index in [4.69, 9.17) is 0 Å². The van der Waals surface area contributed by atoms with Gasteiger partial charge < -0.3 is 0 Å². The predicted octanol–water partition coefficient (Wildman–Crippen LogP) is 3.94. The van der Waals surface area contributed by atoms with Crippen LogP contribution < -0.4 is 0 Å². The van der Waals surface area contributed by atoms with Crippen LogP contribution in [-0.2, 0) is 0 Å². The quantitative estimate of drug-likeness (QED) is 0.639. The van der Waals surface area contributed by atoms with Crippen LogP contribution in [0.4, 0.5) is 8.78 Å². The van der Waals surface area contributed by atoms with E-state index in [2.05, 4.69) is 6.58 Å². The normalized spacial score (nSPS) is 10.8. The Labute approximate surface area is 82.6 Å². The third kappa shape index (κ3) is 2.28. The van der Waals surface area contributed by atoms with E-state index in [1.54, 1.807) is 6.08 Å². The number of halogens is 2. The molecule has 0 saturated heterocycles. The van der Waals surface area contributed by atoms with Gasteiger partial charge in [0.1, 0.15) is 11.6 Å². The van der Waals surface area contributed by atoms with Crippen LogP contribution in [0.25, 0.3) is 5.57 Å². The fourth-order valence-electron chi connectivity index (χ4n) is 1.15. The lowest BCUT2D eigenvalue weighted by molar-refractivity contribution is 0.577. The summed E-state index contributed by atoms with van der Waals surface area (Å²) in [5, 5.41) is 0. The van der Waals surface area contributed by atoms with Gasteiger partial charge >= 0.3 is 0 Å². The Kier molecular flexibility index (Phi) is 3.57. The van der Waals surface area contributed by atoms with Crippen LogP contribution in [-0.4, -0.2) is 0 Å². The maximum absolute atomic E-state index is 13.2. The molecule has 1 rings (SSSR count). The van der Waals surface area contributed by atoms with Crippen LogP contribution in [0.5, 0.6) is 0 Å². The van der Waals surface area contributed by atoms with Crippen molar-refractivity contribution in [2.45, 2.75) is 13.3 Å². The predicted molar refractivity (Wildman–Crippen MR) is 54.8 cm³/mol. The molecular weight excluding hydrogens is 182 g/mol. The fraction of sp³-hybridized carbons (Fsp3) is 0.167. The highest BCUT2D eigenvalue weighted by molar-refractivity contribution is 5.72. The van der Waals surface area contributed by atoms with E-state index in [0.717, 1.165) is 6.42 Å². The van der Waals surface area contributed by atoms with Gasteiger partial charge in [0.25, 0.3) is 0 Å². The molecule has 1 aromatic carbocycles. The lowest BCUT2D eigenvalue weighted by Gasteiger charge is -2.03. The lowest BCUT2D eigenvalue weighted by Crippen LogP contribution is -1.91. The van der Waals surface area contributed by atoms with Gasteiger partial charge in [-0.15, -0.1) is 0 Å². The van der Waals surface area contributed by atoms with Crippen LogP contribution in [0.3, 0.4) is 0 Å². The molecule has 0 nitrogen and oxygen atoms in total. The van der Waals surface area contributed by atoms with Crippen molar-refractivity contribution in [1.29, 1.82) is 0 Å². The minimum atomic E-state index is -0.573. The van der Waals surface area contributed by atoms with E-state index in [9.17, 15) is 8.78 Å². The van der Waals surface area contributed by atoms with Gasteiger partial charge in [-0.25, -0.2) is 8.78 Å². The van der Waals surface area contributed by atoms with Crippen molar-refractivity contribution < 1.29 is 8.78 Å². The number of rotatable bonds is 3. The first kappa shape index (κ1) is 10.6. The third-order valence-corrected chi connectivity index (χ3v) is 1.84. The molecule has 0 atom stereocenters. The highest BCUT2D eigenvalue weighted by Gasteiger charge is 2.08. The number of allylic oxidation sites excluding steroid dienone is 3. The molecule has 0 amide bonds. The van der Waals surface area contributed by atoms with Gasteiger partial charge in [-0.3, -0.25) is 0 Å². The standard InChI is InChI=1S/C12H12F2/c1-3-4-6-9(2)12-10(13)7-5-8-11(12)14/h4-8H,2-3H2,1H3/b6-4-. The molecule has 0 aromatic heterocycles. The largest absolute Gasteiger partial charge is 0.206 e. The van der Waals surface area contributed by atoms with Crippen LogP contribution in [0, 0.1) is 11.6 Å². The summed E-state index contributed by atoms with van der Waals surface area (Å²) < 4.78 is 26.4. The summed E-state index contributed by atoms with van der Waals surface area (Å²) >= 11 is 0. The molecule has 0 heterocycles. The van der Waals surface area contributed by atoms with Gasteiger partial charge in [-0.05, 0) is 24.1 Å². The van der Waals surface area contributed by atoms with Gasteiger partial charge in [0.2, 0.25) is 0 Å². The summed E-state index contributed by atoms with van der Waals surface area (Å²) in [5.74, 6) is -1.15. The monoisotopic (exact) mass is 194 g/mol. The molecular formula is C12H12F2. The lowest BCUT2D eigenvalue weighted by atomic mass is 10.1. The molecule has 14 heavy (non-hydrogen) atoms. The van der Waals surface area contributed by atoms with Crippen LogP contribution in [0.2, 0.25) is 0 Å². The third-order valence-electron chi connectivity index (χ3n) is 1.84. The highest BCUT2D eigenvalue weighted by atomic mass is 19.1. The first-order chi connectivity index (χ1) is 6.66. The van der Waals surface area contributed by atoms with E-state index < -0.39 is 11.6 Å². The number of benzene rings is 1. The van der Waals surface area contributed by atoms with Gasteiger partial charge in [0.05, 0.1) is 5.56 Å². The van der Waals surface area contributed by atoms with E-state index in [1.807, 2.05) is 13.0 Å². The zero-order chi connectivity index (χ0) is 10.6. The van der Waals surface area contributed by atoms with Gasteiger partial charge in [0.15, 0.2) is 0 Å². The number of hydrogen-bond acceptors (Lipinski definition) is 0. The average Bonchev–Trinajstić information content (AvgIpc) is 2.14.